The standard InChI is InChI=1S/C26H26N4O3S/c31-25(29-17-15-28(16-18-29)22-11-5-2-6-12-22)19-30-24-14-8-7-13-23(24)27-26(30)34(32,33)20-21-9-3-1-4-10-21/h1-14H,15-20H2. The summed E-state index contributed by atoms with van der Waals surface area (Å²) >= 11 is 0. The third-order valence-electron chi connectivity index (χ3n) is 6.14. The monoisotopic (exact) mass is 474 g/mol. The maximum absolute atomic E-state index is 13.3. The van der Waals surface area contributed by atoms with Crippen LogP contribution in [0.5, 0.6) is 0 Å². The fourth-order valence-electron chi connectivity index (χ4n) is 4.39. The van der Waals surface area contributed by atoms with Crippen molar-refractivity contribution in [2.45, 2.75) is 17.5 Å². The Hall–Kier alpha value is -3.65. The van der Waals surface area contributed by atoms with E-state index in [4.69, 9.17) is 0 Å². The third-order valence-corrected chi connectivity index (χ3v) is 7.73. The van der Waals surface area contributed by atoms with Crippen molar-refractivity contribution in [3.05, 3.63) is 90.5 Å². The van der Waals surface area contributed by atoms with Crippen molar-refractivity contribution in [3.8, 4) is 0 Å². The van der Waals surface area contributed by atoms with Gasteiger partial charge >= 0.3 is 0 Å². The summed E-state index contributed by atoms with van der Waals surface area (Å²) in [6, 6.07) is 26.4. The zero-order valence-electron chi connectivity index (χ0n) is 18.7. The number of nitrogens with zero attached hydrogens (tertiary/aromatic N) is 4. The second-order valence-corrected chi connectivity index (χ2v) is 10.3. The van der Waals surface area contributed by atoms with Crippen molar-refractivity contribution >= 4 is 32.5 Å². The van der Waals surface area contributed by atoms with Crippen LogP contribution in [0.4, 0.5) is 5.69 Å². The molecule has 1 aliphatic heterocycles. The molecular formula is C26H26N4O3S. The van der Waals surface area contributed by atoms with E-state index in [0.29, 0.717) is 29.7 Å². The van der Waals surface area contributed by atoms with Gasteiger partial charge in [-0.05, 0) is 29.8 Å². The second kappa shape index (κ2) is 9.30. The molecule has 34 heavy (non-hydrogen) atoms. The fraction of sp³-hybridized carbons (Fsp3) is 0.231. The summed E-state index contributed by atoms with van der Waals surface area (Å²) in [6.07, 6.45) is 0. The molecule has 4 aromatic rings. The summed E-state index contributed by atoms with van der Waals surface area (Å²) in [5.74, 6) is -0.270. The van der Waals surface area contributed by atoms with Crippen LogP contribution in [-0.2, 0) is 26.9 Å². The average Bonchev–Trinajstić information content (AvgIpc) is 3.24. The van der Waals surface area contributed by atoms with Crippen LogP contribution in [0.25, 0.3) is 11.0 Å². The minimum Gasteiger partial charge on any atom is -0.368 e. The Balaban J connectivity index is 1.38. The predicted molar refractivity (Wildman–Crippen MR) is 132 cm³/mol. The van der Waals surface area contributed by atoms with E-state index >= 15 is 0 Å². The minimum absolute atomic E-state index is 0.0603. The van der Waals surface area contributed by atoms with Crippen molar-refractivity contribution in [1.29, 1.82) is 0 Å². The number of benzene rings is 3. The number of sulfone groups is 1. The van der Waals surface area contributed by atoms with E-state index in [0.717, 1.165) is 18.8 Å². The molecule has 5 rings (SSSR count). The van der Waals surface area contributed by atoms with E-state index in [1.54, 1.807) is 22.8 Å². The van der Waals surface area contributed by atoms with Gasteiger partial charge in [0, 0.05) is 31.9 Å². The van der Waals surface area contributed by atoms with Gasteiger partial charge in [0.2, 0.25) is 20.9 Å². The summed E-state index contributed by atoms with van der Waals surface area (Å²) in [4.78, 5) is 21.7. The van der Waals surface area contributed by atoms with E-state index in [9.17, 15) is 13.2 Å². The van der Waals surface area contributed by atoms with E-state index in [1.807, 2.05) is 59.5 Å². The molecule has 0 aliphatic carbocycles. The summed E-state index contributed by atoms with van der Waals surface area (Å²) in [6.45, 7) is 2.59. The normalized spacial score (nSPS) is 14.5. The molecule has 2 heterocycles. The molecule has 1 amide bonds. The molecule has 1 aliphatic rings. The van der Waals surface area contributed by atoms with Crippen molar-refractivity contribution in [2.24, 2.45) is 0 Å². The Morgan fingerprint density at radius 2 is 1.41 bits per heavy atom. The lowest BCUT2D eigenvalue weighted by atomic mass is 10.2. The van der Waals surface area contributed by atoms with E-state index < -0.39 is 9.84 Å². The Bertz CT molecular complexity index is 1390. The number of para-hydroxylation sites is 3. The lowest BCUT2D eigenvalue weighted by Crippen LogP contribution is -2.49. The van der Waals surface area contributed by atoms with Gasteiger partial charge in [0.25, 0.3) is 0 Å². The second-order valence-electron chi connectivity index (χ2n) is 8.42. The number of fused-ring (bicyclic) bond motifs is 1. The maximum atomic E-state index is 13.3. The Kier molecular flexibility index (Phi) is 6.06. The fourth-order valence-corrected chi connectivity index (χ4v) is 5.89. The van der Waals surface area contributed by atoms with Gasteiger partial charge < -0.3 is 14.4 Å². The molecule has 0 N–H and O–H groups in total. The summed E-state index contributed by atoms with van der Waals surface area (Å²) < 4.78 is 28.2. The maximum Gasteiger partial charge on any atom is 0.242 e. The number of carbonyl (C=O) groups excluding carboxylic acids is 1. The summed E-state index contributed by atoms with van der Waals surface area (Å²) in [7, 11) is -3.75. The highest BCUT2D eigenvalue weighted by Crippen LogP contribution is 2.23. The van der Waals surface area contributed by atoms with Gasteiger partial charge in [0.1, 0.15) is 6.54 Å². The van der Waals surface area contributed by atoms with Gasteiger partial charge in [-0.2, -0.15) is 0 Å². The predicted octanol–water partition coefficient (Wildman–Crippen LogP) is 3.36. The number of aromatic nitrogens is 2. The van der Waals surface area contributed by atoms with Gasteiger partial charge in [0.05, 0.1) is 16.8 Å². The van der Waals surface area contributed by atoms with E-state index in [-0.39, 0.29) is 23.4 Å². The van der Waals surface area contributed by atoms with Gasteiger partial charge in [-0.25, -0.2) is 13.4 Å². The number of imidazole rings is 1. The van der Waals surface area contributed by atoms with Gasteiger partial charge in [-0.15, -0.1) is 0 Å². The van der Waals surface area contributed by atoms with Crippen LogP contribution < -0.4 is 4.90 Å². The Morgan fingerprint density at radius 3 is 2.12 bits per heavy atom. The first-order valence-electron chi connectivity index (χ1n) is 11.3. The molecule has 1 saturated heterocycles. The molecule has 0 radical (unpaired) electrons. The molecular weight excluding hydrogens is 448 g/mol. The number of hydrogen-bond donors (Lipinski definition) is 0. The van der Waals surface area contributed by atoms with Crippen LogP contribution in [0.1, 0.15) is 5.56 Å². The molecule has 8 heteroatoms. The van der Waals surface area contributed by atoms with Crippen LogP contribution in [0.15, 0.2) is 90.1 Å². The Labute approximate surface area is 199 Å². The number of hydrogen-bond acceptors (Lipinski definition) is 5. The highest BCUT2D eigenvalue weighted by Gasteiger charge is 2.28. The van der Waals surface area contributed by atoms with Crippen LogP contribution in [-0.4, -0.2) is 55.0 Å². The number of piperazine rings is 1. The highest BCUT2D eigenvalue weighted by molar-refractivity contribution is 7.90. The molecule has 174 valence electrons. The van der Waals surface area contributed by atoms with Crippen LogP contribution >= 0.6 is 0 Å². The number of rotatable bonds is 6. The van der Waals surface area contributed by atoms with Crippen molar-refractivity contribution in [3.63, 3.8) is 0 Å². The number of anilines is 1. The van der Waals surface area contributed by atoms with Gasteiger partial charge in [-0.1, -0.05) is 60.7 Å². The zero-order chi connectivity index (χ0) is 23.5. The molecule has 0 atom stereocenters. The van der Waals surface area contributed by atoms with E-state index in [1.165, 1.54) is 0 Å². The number of carbonyl (C=O) groups is 1. The first-order chi connectivity index (χ1) is 16.5. The first kappa shape index (κ1) is 22.2. The minimum atomic E-state index is -3.75. The molecule has 0 spiro atoms. The lowest BCUT2D eigenvalue weighted by molar-refractivity contribution is -0.132. The van der Waals surface area contributed by atoms with Crippen LogP contribution in [0.2, 0.25) is 0 Å². The molecule has 1 fully saturated rings. The quantitative estimate of drug-likeness (QED) is 0.428. The van der Waals surface area contributed by atoms with E-state index in [2.05, 4.69) is 22.0 Å². The SMILES string of the molecule is O=C(Cn1c(S(=O)(=O)Cc2ccccc2)nc2ccccc21)N1CCN(c2ccccc2)CC1. The molecule has 7 nitrogen and oxygen atoms in total. The average molecular weight is 475 g/mol. The lowest BCUT2D eigenvalue weighted by Gasteiger charge is -2.36. The molecule has 0 unspecified atom stereocenters. The molecule has 3 aromatic carbocycles. The van der Waals surface area contributed by atoms with Crippen LogP contribution in [0, 0.1) is 0 Å². The molecule has 0 saturated carbocycles. The summed E-state index contributed by atoms with van der Waals surface area (Å²) in [5, 5.41) is -0.0613. The van der Waals surface area contributed by atoms with Crippen molar-refractivity contribution in [2.75, 3.05) is 31.1 Å². The van der Waals surface area contributed by atoms with Gasteiger partial charge in [0.15, 0.2) is 0 Å². The zero-order valence-corrected chi connectivity index (χ0v) is 19.6. The van der Waals surface area contributed by atoms with Crippen molar-refractivity contribution < 1.29 is 13.2 Å². The molecule has 1 aromatic heterocycles. The van der Waals surface area contributed by atoms with Crippen molar-refractivity contribution in [1.82, 2.24) is 14.5 Å². The first-order valence-corrected chi connectivity index (χ1v) is 13.0. The largest absolute Gasteiger partial charge is 0.368 e. The van der Waals surface area contributed by atoms with Gasteiger partial charge in [-0.3, -0.25) is 4.79 Å². The number of amides is 1. The smallest absolute Gasteiger partial charge is 0.242 e. The Morgan fingerprint density at radius 1 is 0.794 bits per heavy atom. The van der Waals surface area contributed by atoms with Crippen LogP contribution in [0.3, 0.4) is 0 Å². The highest BCUT2D eigenvalue weighted by atomic mass is 32.2. The summed E-state index contributed by atoms with van der Waals surface area (Å²) in [5.41, 5.74) is 3.04. The third kappa shape index (κ3) is 4.54. The topological polar surface area (TPSA) is 75.5 Å². The molecule has 0 bridgehead atoms.